The molecule has 104 valence electrons. The number of halogens is 1. The van der Waals surface area contributed by atoms with E-state index >= 15 is 0 Å². The molecule has 1 heterocycles. The Labute approximate surface area is 116 Å². The molecular weight excluding hydrogens is 259 g/mol. The molecule has 0 amide bonds. The largest absolute Gasteiger partial charge is 0.486 e. The van der Waals surface area contributed by atoms with Crippen LogP contribution in [0.5, 0.6) is 11.5 Å². The standard InChI is InChI=1S/C15H15FN2O2/c16-11-4-1-3-10(9-11)14(18-17)12-5-2-6-13-15(12)20-8-7-19-13/h1-6,9,14,18H,7-8,17H2. The Morgan fingerprint density at radius 2 is 1.90 bits per heavy atom. The molecule has 2 aromatic carbocycles. The Bertz CT molecular complexity index is 619. The predicted octanol–water partition coefficient (Wildman–Crippen LogP) is 2.15. The molecule has 2 aromatic rings. The van der Waals surface area contributed by atoms with Crippen LogP contribution in [-0.4, -0.2) is 13.2 Å². The molecule has 3 N–H and O–H groups in total. The Morgan fingerprint density at radius 3 is 2.70 bits per heavy atom. The highest BCUT2D eigenvalue weighted by Crippen LogP contribution is 2.38. The van der Waals surface area contributed by atoms with Gasteiger partial charge < -0.3 is 9.47 Å². The molecule has 5 heteroatoms. The summed E-state index contributed by atoms with van der Waals surface area (Å²) in [6, 6.07) is 11.6. The summed E-state index contributed by atoms with van der Waals surface area (Å²) in [6.45, 7) is 1.02. The SMILES string of the molecule is NNC(c1cccc(F)c1)c1cccc2c1OCCO2. The molecule has 1 atom stereocenters. The number of nitrogens with one attached hydrogen (secondary N) is 1. The number of rotatable bonds is 3. The normalized spacial score (nSPS) is 14.9. The molecular formula is C15H15FN2O2. The van der Waals surface area contributed by atoms with E-state index in [9.17, 15) is 4.39 Å². The summed E-state index contributed by atoms with van der Waals surface area (Å²) < 4.78 is 24.6. The first kappa shape index (κ1) is 12.9. The molecule has 1 unspecified atom stereocenters. The molecule has 3 rings (SSSR count). The smallest absolute Gasteiger partial charge is 0.166 e. The van der Waals surface area contributed by atoms with Crippen molar-refractivity contribution in [2.24, 2.45) is 5.84 Å². The highest BCUT2D eigenvalue weighted by atomic mass is 19.1. The Morgan fingerprint density at radius 1 is 1.10 bits per heavy atom. The van der Waals surface area contributed by atoms with Gasteiger partial charge in [0.05, 0.1) is 6.04 Å². The maximum Gasteiger partial charge on any atom is 0.166 e. The Balaban J connectivity index is 2.06. The summed E-state index contributed by atoms with van der Waals surface area (Å²) >= 11 is 0. The van der Waals surface area contributed by atoms with Crippen molar-refractivity contribution in [3.63, 3.8) is 0 Å². The summed E-state index contributed by atoms with van der Waals surface area (Å²) in [5, 5.41) is 0. The lowest BCUT2D eigenvalue weighted by Gasteiger charge is -2.25. The summed E-state index contributed by atoms with van der Waals surface area (Å²) in [7, 11) is 0. The number of benzene rings is 2. The summed E-state index contributed by atoms with van der Waals surface area (Å²) in [4.78, 5) is 0. The van der Waals surface area contributed by atoms with Crippen molar-refractivity contribution >= 4 is 0 Å². The lowest BCUT2D eigenvalue weighted by atomic mass is 9.98. The van der Waals surface area contributed by atoms with Gasteiger partial charge in [0, 0.05) is 5.56 Å². The molecule has 0 spiro atoms. The molecule has 0 aromatic heterocycles. The van der Waals surface area contributed by atoms with Crippen LogP contribution in [0.4, 0.5) is 4.39 Å². The van der Waals surface area contributed by atoms with E-state index in [1.54, 1.807) is 6.07 Å². The van der Waals surface area contributed by atoms with Crippen molar-refractivity contribution in [3.8, 4) is 11.5 Å². The Kier molecular flexibility index (Phi) is 3.54. The second-order valence-corrected chi connectivity index (χ2v) is 4.53. The van der Waals surface area contributed by atoms with Crippen molar-refractivity contribution in [1.82, 2.24) is 5.43 Å². The van der Waals surface area contributed by atoms with Gasteiger partial charge in [-0.25, -0.2) is 9.82 Å². The van der Waals surface area contributed by atoms with Gasteiger partial charge >= 0.3 is 0 Å². The van der Waals surface area contributed by atoms with E-state index in [0.717, 1.165) is 11.1 Å². The zero-order valence-corrected chi connectivity index (χ0v) is 10.8. The van der Waals surface area contributed by atoms with Crippen molar-refractivity contribution in [2.75, 3.05) is 13.2 Å². The van der Waals surface area contributed by atoms with Gasteiger partial charge in [0.25, 0.3) is 0 Å². The quantitative estimate of drug-likeness (QED) is 0.665. The van der Waals surface area contributed by atoms with Gasteiger partial charge in [0.15, 0.2) is 11.5 Å². The first-order chi connectivity index (χ1) is 9.79. The van der Waals surface area contributed by atoms with Crippen molar-refractivity contribution in [2.45, 2.75) is 6.04 Å². The second-order valence-electron chi connectivity index (χ2n) is 4.53. The third-order valence-corrected chi connectivity index (χ3v) is 3.26. The molecule has 0 fully saturated rings. The van der Waals surface area contributed by atoms with Gasteiger partial charge in [-0.1, -0.05) is 24.3 Å². The van der Waals surface area contributed by atoms with Crippen LogP contribution in [0.2, 0.25) is 0 Å². The predicted molar refractivity (Wildman–Crippen MR) is 73.0 cm³/mol. The van der Waals surface area contributed by atoms with Crippen LogP contribution in [0, 0.1) is 5.82 Å². The molecule has 4 nitrogen and oxygen atoms in total. The highest BCUT2D eigenvalue weighted by molar-refractivity contribution is 5.51. The van der Waals surface area contributed by atoms with Crippen molar-refractivity contribution in [3.05, 3.63) is 59.4 Å². The summed E-state index contributed by atoms with van der Waals surface area (Å²) in [5.41, 5.74) is 4.27. The van der Waals surface area contributed by atoms with Crippen LogP contribution >= 0.6 is 0 Å². The second kappa shape index (κ2) is 5.48. The zero-order chi connectivity index (χ0) is 13.9. The van der Waals surface area contributed by atoms with E-state index in [0.29, 0.717) is 24.7 Å². The third kappa shape index (κ3) is 2.33. The molecule has 1 aliphatic rings. The summed E-state index contributed by atoms with van der Waals surface area (Å²) in [6.07, 6.45) is 0. The molecule has 1 aliphatic heterocycles. The maximum absolute atomic E-state index is 13.4. The van der Waals surface area contributed by atoms with Crippen LogP contribution < -0.4 is 20.7 Å². The third-order valence-electron chi connectivity index (χ3n) is 3.26. The van der Waals surface area contributed by atoms with E-state index in [1.807, 2.05) is 24.3 Å². The number of hydrogen-bond donors (Lipinski definition) is 2. The molecule has 0 aliphatic carbocycles. The molecule has 0 radical (unpaired) electrons. The van der Waals surface area contributed by atoms with E-state index in [1.165, 1.54) is 12.1 Å². The fraction of sp³-hybridized carbons (Fsp3) is 0.200. The van der Waals surface area contributed by atoms with Gasteiger partial charge in [-0.15, -0.1) is 0 Å². The minimum Gasteiger partial charge on any atom is -0.486 e. The number of fused-ring (bicyclic) bond motifs is 1. The minimum absolute atomic E-state index is 0.301. The van der Waals surface area contributed by atoms with E-state index in [4.69, 9.17) is 15.3 Å². The Hall–Kier alpha value is -2.11. The molecule has 0 saturated carbocycles. The number of para-hydroxylation sites is 1. The van der Waals surface area contributed by atoms with Crippen LogP contribution in [0.1, 0.15) is 17.2 Å². The van der Waals surface area contributed by atoms with Crippen molar-refractivity contribution in [1.29, 1.82) is 0 Å². The molecule has 0 bridgehead atoms. The number of hydrazine groups is 1. The topological polar surface area (TPSA) is 56.5 Å². The lowest BCUT2D eigenvalue weighted by Crippen LogP contribution is -2.30. The van der Waals surface area contributed by atoms with Crippen molar-refractivity contribution < 1.29 is 13.9 Å². The van der Waals surface area contributed by atoms with Gasteiger partial charge in [-0.05, 0) is 23.8 Å². The highest BCUT2D eigenvalue weighted by Gasteiger charge is 2.22. The van der Waals surface area contributed by atoms with Crippen LogP contribution in [0.15, 0.2) is 42.5 Å². The number of nitrogens with two attached hydrogens (primary N) is 1. The minimum atomic E-state index is -0.359. The van der Waals surface area contributed by atoms with Gasteiger partial charge in [0.2, 0.25) is 0 Å². The number of hydrogen-bond acceptors (Lipinski definition) is 4. The average Bonchev–Trinajstić information content (AvgIpc) is 2.48. The van der Waals surface area contributed by atoms with Crippen LogP contribution in [0.25, 0.3) is 0 Å². The lowest BCUT2D eigenvalue weighted by molar-refractivity contribution is 0.169. The monoisotopic (exact) mass is 274 g/mol. The van der Waals surface area contributed by atoms with Crippen LogP contribution in [-0.2, 0) is 0 Å². The maximum atomic E-state index is 13.4. The molecule has 0 saturated heterocycles. The number of ether oxygens (including phenoxy) is 2. The molecule has 20 heavy (non-hydrogen) atoms. The van der Waals surface area contributed by atoms with Gasteiger partial charge in [-0.2, -0.15) is 0 Å². The fourth-order valence-electron chi connectivity index (χ4n) is 2.38. The average molecular weight is 274 g/mol. The first-order valence-electron chi connectivity index (χ1n) is 6.39. The van der Waals surface area contributed by atoms with Gasteiger partial charge in [-0.3, -0.25) is 5.84 Å². The van der Waals surface area contributed by atoms with E-state index < -0.39 is 0 Å². The van der Waals surface area contributed by atoms with E-state index in [-0.39, 0.29) is 11.9 Å². The van der Waals surface area contributed by atoms with Gasteiger partial charge in [0.1, 0.15) is 19.0 Å². The fourth-order valence-corrected chi connectivity index (χ4v) is 2.38. The zero-order valence-electron chi connectivity index (χ0n) is 10.8. The van der Waals surface area contributed by atoms with Crippen LogP contribution in [0.3, 0.4) is 0 Å². The summed E-state index contributed by atoms with van der Waals surface area (Å²) in [5.74, 6) is 6.69. The first-order valence-corrected chi connectivity index (χ1v) is 6.39. The van der Waals surface area contributed by atoms with E-state index in [2.05, 4.69) is 5.43 Å².